The van der Waals surface area contributed by atoms with Crippen molar-refractivity contribution < 1.29 is 9.59 Å². The van der Waals surface area contributed by atoms with E-state index in [0.29, 0.717) is 12.0 Å². The molecule has 27 heavy (non-hydrogen) atoms. The van der Waals surface area contributed by atoms with Crippen molar-refractivity contribution in [1.82, 2.24) is 20.1 Å². The lowest BCUT2D eigenvalue weighted by Crippen LogP contribution is -2.49. The molecule has 1 aliphatic heterocycles. The van der Waals surface area contributed by atoms with Crippen molar-refractivity contribution >= 4 is 11.8 Å². The molecule has 6 heteroatoms. The summed E-state index contributed by atoms with van der Waals surface area (Å²) in [6.45, 7) is 5.93. The lowest BCUT2D eigenvalue weighted by Gasteiger charge is -2.35. The molecule has 3 rings (SSSR count). The molecule has 0 spiro atoms. The molecular weight excluding hydrogens is 340 g/mol. The predicted octanol–water partition coefficient (Wildman–Crippen LogP) is 1.93. The van der Waals surface area contributed by atoms with Crippen molar-refractivity contribution in [3.63, 3.8) is 0 Å². The fourth-order valence-electron chi connectivity index (χ4n) is 3.24. The van der Waals surface area contributed by atoms with E-state index in [1.165, 1.54) is 5.56 Å². The normalized spacial score (nSPS) is 16.0. The summed E-state index contributed by atoms with van der Waals surface area (Å²) in [6.07, 6.45) is 3.93. The number of nitrogens with zero attached hydrogens (tertiary/aromatic N) is 3. The SMILES string of the molecule is CC(CC(=O)N1CCN(Cc2ccncc2)CC1)NC(=O)c1ccccc1. The number of hydrogen-bond acceptors (Lipinski definition) is 4. The lowest BCUT2D eigenvalue weighted by molar-refractivity contribution is -0.133. The van der Waals surface area contributed by atoms with Crippen molar-refractivity contribution in [3.05, 3.63) is 66.0 Å². The number of rotatable bonds is 6. The Labute approximate surface area is 160 Å². The Morgan fingerprint density at radius 2 is 1.70 bits per heavy atom. The summed E-state index contributed by atoms with van der Waals surface area (Å²) >= 11 is 0. The maximum atomic E-state index is 12.5. The van der Waals surface area contributed by atoms with Gasteiger partial charge in [0.2, 0.25) is 5.91 Å². The number of hydrogen-bond donors (Lipinski definition) is 1. The summed E-state index contributed by atoms with van der Waals surface area (Å²) in [6, 6.07) is 12.9. The number of nitrogens with one attached hydrogen (secondary N) is 1. The van der Waals surface area contributed by atoms with E-state index in [-0.39, 0.29) is 17.9 Å². The monoisotopic (exact) mass is 366 g/mol. The zero-order valence-corrected chi connectivity index (χ0v) is 15.7. The smallest absolute Gasteiger partial charge is 0.251 e. The maximum absolute atomic E-state index is 12.5. The second-order valence-corrected chi connectivity index (χ2v) is 6.96. The Balaban J connectivity index is 1.42. The minimum absolute atomic E-state index is 0.0967. The molecule has 1 atom stereocenters. The number of carbonyl (C=O) groups excluding carboxylic acids is 2. The number of pyridine rings is 1. The Kier molecular flexibility index (Phi) is 6.54. The number of piperazine rings is 1. The third kappa shape index (κ3) is 5.62. The van der Waals surface area contributed by atoms with Gasteiger partial charge in [-0.3, -0.25) is 19.5 Å². The van der Waals surface area contributed by atoms with E-state index in [9.17, 15) is 9.59 Å². The van der Waals surface area contributed by atoms with Crippen LogP contribution in [0.25, 0.3) is 0 Å². The van der Waals surface area contributed by atoms with Gasteiger partial charge in [-0.15, -0.1) is 0 Å². The van der Waals surface area contributed by atoms with E-state index >= 15 is 0 Å². The minimum Gasteiger partial charge on any atom is -0.349 e. The van der Waals surface area contributed by atoms with E-state index < -0.39 is 0 Å². The molecule has 2 heterocycles. The second-order valence-electron chi connectivity index (χ2n) is 6.96. The number of amides is 2. The summed E-state index contributed by atoms with van der Waals surface area (Å²) in [5, 5.41) is 2.90. The highest BCUT2D eigenvalue weighted by Gasteiger charge is 2.23. The largest absolute Gasteiger partial charge is 0.349 e. The van der Waals surface area contributed by atoms with Crippen molar-refractivity contribution in [2.75, 3.05) is 26.2 Å². The zero-order valence-electron chi connectivity index (χ0n) is 15.7. The quantitative estimate of drug-likeness (QED) is 0.848. The van der Waals surface area contributed by atoms with Gasteiger partial charge in [-0.05, 0) is 36.8 Å². The molecule has 0 bridgehead atoms. The maximum Gasteiger partial charge on any atom is 0.251 e. The van der Waals surface area contributed by atoms with Gasteiger partial charge in [-0.2, -0.15) is 0 Å². The summed E-state index contributed by atoms with van der Waals surface area (Å²) in [5.74, 6) is -0.0440. The van der Waals surface area contributed by atoms with Crippen LogP contribution in [0.2, 0.25) is 0 Å². The van der Waals surface area contributed by atoms with Gasteiger partial charge in [0.05, 0.1) is 0 Å². The van der Waals surface area contributed by atoms with Gasteiger partial charge in [0, 0.05) is 63.1 Å². The summed E-state index contributed by atoms with van der Waals surface area (Å²) < 4.78 is 0. The van der Waals surface area contributed by atoms with Crippen molar-refractivity contribution in [3.8, 4) is 0 Å². The highest BCUT2D eigenvalue weighted by atomic mass is 16.2. The fraction of sp³-hybridized carbons (Fsp3) is 0.381. The van der Waals surface area contributed by atoms with Crippen LogP contribution >= 0.6 is 0 Å². The summed E-state index contributed by atoms with van der Waals surface area (Å²) in [5.41, 5.74) is 1.85. The molecule has 2 aromatic rings. The molecule has 1 aliphatic rings. The van der Waals surface area contributed by atoms with Gasteiger partial charge in [0.1, 0.15) is 0 Å². The van der Waals surface area contributed by atoms with E-state index in [0.717, 1.165) is 32.7 Å². The summed E-state index contributed by atoms with van der Waals surface area (Å²) in [4.78, 5) is 33.0. The molecular formula is C21H26N4O2. The third-order valence-electron chi connectivity index (χ3n) is 4.77. The van der Waals surface area contributed by atoms with Gasteiger partial charge in [0.25, 0.3) is 5.91 Å². The Bertz CT molecular complexity index is 743. The molecule has 0 saturated carbocycles. The van der Waals surface area contributed by atoms with E-state index in [1.807, 2.05) is 42.2 Å². The average Bonchev–Trinajstić information content (AvgIpc) is 2.70. The first-order valence-electron chi connectivity index (χ1n) is 9.37. The Morgan fingerprint density at radius 3 is 2.37 bits per heavy atom. The third-order valence-corrected chi connectivity index (χ3v) is 4.77. The topological polar surface area (TPSA) is 65.5 Å². The Hall–Kier alpha value is -2.73. The van der Waals surface area contributed by atoms with Crippen LogP contribution in [0.5, 0.6) is 0 Å². The van der Waals surface area contributed by atoms with Crippen LogP contribution in [0.1, 0.15) is 29.3 Å². The van der Waals surface area contributed by atoms with Gasteiger partial charge in [0.15, 0.2) is 0 Å². The van der Waals surface area contributed by atoms with Gasteiger partial charge >= 0.3 is 0 Å². The first-order chi connectivity index (χ1) is 13.1. The van der Waals surface area contributed by atoms with Gasteiger partial charge in [-0.1, -0.05) is 18.2 Å². The molecule has 142 valence electrons. The van der Waals surface area contributed by atoms with Crippen LogP contribution in [-0.4, -0.2) is 58.8 Å². The van der Waals surface area contributed by atoms with E-state index in [2.05, 4.69) is 15.2 Å². The van der Waals surface area contributed by atoms with Crippen LogP contribution in [0.15, 0.2) is 54.9 Å². The number of aromatic nitrogens is 1. The minimum atomic E-state index is -0.194. The Morgan fingerprint density at radius 1 is 1.04 bits per heavy atom. The van der Waals surface area contributed by atoms with Crippen LogP contribution in [0.4, 0.5) is 0 Å². The molecule has 6 nitrogen and oxygen atoms in total. The molecule has 1 N–H and O–H groups in total. The number of benzene rings is 1. The molecule has 1 saturated heterocycles. The molecule has 0 radical (unpaired) electrons. The van der Waals surface area contributed by atoms with Crippen molar-refractivity contribution in [1.29, 1.82) is 0 Å². The zero-order chi connectivity index (χ0) is 19.1. The highest BCUT2D eigenvalue weighted by molar-refractivity contribution is 5.94. The fourth-order valence-corrected chi connectivity index (χ4v) is 3.24. The molecule has 2 amide bonds. The first-order valence-corrected chi connectivity index (χ1v) is 9.37. The van der Waals surface area contributed by atoms with Gasteiger partial charge < -0.3 is 10.2 Å². The molecule has 1 unspecified atom stereocenters. The van der Waals surface area contributed by atoms with Crippen LogP contribution in [-0.2, 0) is 11.3 Å². The number of carbonyl (C=O) groups is 2. The van der Waals surface area contributed by atoms with Crippen molar-refractivity contribution in [2.45, 2.75) is 25.9 Å². The van der Waals surface area contributed by atoms with E-state index in [1.54, 1.807) is 24.5 Å². The van der Waals surface area contributed by atoms with Crippen LogP contribution in [0.3, 0.4) is 0 Å². The van der Waals surface area contributed by atoms with Crippen LogP contribution in [0, 0.1) is 0 Å². The second kappa shape index (κ2) is 9.28. The van der Waals surface area contributed by atoms with E-state index in [4.69, 9.17) is 0 Å². The summed E-state index contributed by atoms with van der Waals surface area (Å²) in [7, 11) is 0. The average molecular weight is 366 g/mol. The lowest BCUT2D eigenvalue weighted by atomic mass is 10.1. The van der Waals surface area contributed by atoms with Gasteiger partial charge in [-0.25, -0.2) is 0 Å². The molecule has 1 aromatic carbocycles. The molecule has 0 aliphatic carbocycles. The highest BCUT2D eigenvalue weighted by Crippen LogP contribution is 2.10. The predicted molar refractivity (Wildman–Crippen MR) is 104 cm³/mol. The first kappa shape index (κ1) is 19.0. The molecule has 1 aromatic heterocycles. The van der Waals surface area contributed by atoms with Crippen molar-refractivity contribution in [2.24, 2.45) is 0 Å². The standard InChI is InChI=1S/C21H26N4O2/c1-17(23-21(27)19-5-3-2-4-6-19)15-20(26)25-13-11-24(12-14-25)16-18-7-9-22-10-8-18/h2-10,17H,11-16H2,1H3,(H,23,27). The molecule has 1 fully saturated rings. The van der Waals surface area contributed by atoms with Crippen LogP contribution < -0.4 is 5.32 Å².